The minimum atomic E-state index is -0.223. The molecule has 0 aliphatic carbocycles. The monoisotopic (exact) mass is 415 g/mol. The molecular formula is C20H22BrN3O2. The molecule has 0 saturated heterocycles. The predicted octanol–water partition coefficient (Wildman–Crippen LogP) is 4.70. The average molecular weight is 416 g/mol. The van der Waals surface area contributed by atoms with Crippen molar-refractivity contribution in [2.75, 3.05) is 0 Å². The van der Waals surface area contributed by atoms with Gasteiger partial charge < -0.3 is 9.73 Å². The summed E-state index contributed by atoms with van der Waals surface area (Å²) in [7, 11) is 0. The van der Waals surface area contributed by atoms with Gasteiger partial charge >= 0.3 is 0 Å². The summed E-state index contributed by atoms with van der Waals surface area (Å²) in [6, 6.07) is 11.5. The van der Waals surface area contributed by atoms with E-state index in [9.17, 15) is 4.79 Å². The van der Waals surface area contributed by atoms with Crippen LogP contribution in [0.1, 0.15) is 51.8 Å². The highest BCUT2D eigenvalue weighted by atomic mass is 79.9. The quantitative estimate of drug-likeness (QED) is 0.656. The summed E-state index contributed by atoms with van der Waals surface area (Å²) < 4.78 is 8.57. The number of hydrogen-bond acceptors (Lipinski definition) is 3. The smallest absolute Gasteiger partial charge is 0.287 e. The van der Waals surface area contributed by atoms with Crippen LogP contribution in [-0.2, 0) is 6.54 Å². The molecule has 0 aliphatic heterocycles. The van der Waals surface area contributed by atoms with E-state index < -0.39 is 0 Å². The largest absolute Gasteiger partial charge is 0.454 e. The van der Waals surface area contributed by atoms with Gasteiger partial charge in [0.15, 0.2) is 5.76 Å². The van der Waals surface area contributed by atoms with Crippen molar-refractivity contribution in [2.45, 2.75) is 40.3 Å². The molecule has 0 aliphatic rings. The number of furan rings is 1. The van der Waals surface area contributed by atoms with Crippen molar-refractivity contribution in [3.05, 3.63) is 74.9 Å². The molecule has 2 aromatic heterocycles. The van der Waals surface area contributed by atoms with E-state index in [0.29, 0.717) is 18.1 Å². The summed E-state index contributed by atoms with van der Waals surface area (Å²) in [4.78, 5) is 12.5. The van der Waals surface area contributed by atoms with Gasteiger partial charge in [-0.3, -0.25) is 9.48 Å². The lowest BCUT2D eigenvalue weighted by Gasteiger charge is -2.13. The number of halogens is 1. The molecule has 5 nitrogen and oxygen atoms in total. The Labute approximate surface area is 161 Å². The number of nitrogens with one attached hydrogen (secondary N) is 1. The van der Waals surface area contributed by atoms with E-state index in [-0.39, 0.29) is 11.9 Å². The fourth-order valence-electron chi connectivity index (χ4n) is 2.77. The number of hydrogen-bond donors (Lipinski definition) is 1. The van der Waals surface area contributed by atoms with E-state index in [2.05, 4.69) is 26.3 Å². The van der Waals surface area contributed by atoms with Crippen LogP contribution in [0.25, 0.3) is 0 Å². The van der Waals surface area contributed by atoms with E-state index >= 15 is 0 Å². The number of amides is 1. The zero-order valence-electron chi connectivity index (χ0n) is 15.3. The topological polar surface area (TPSA) is 60.1 Å². The Morgan fingerprint density at radius 3 is 2.50 bits per heavy atom. The third-order valence-electron chi connectivity index (χ3n) is 4.41. The van der Waals surface area contributed by atoms with Crippen LogP contribution in [0.5, 0.6) is 0 Å². The molecule has 0 bridgehead atoms. The van der Waals surface area contributed by atoms with Crippen molar-refractivity contribution >= 4 is 21.8 Å². The minimum Gasteiger partial charge on any atom is -0.454 e. The second-order valence-electron chi connectivity index (χ2n) is 6.51. The van der Waals surface area contributed by atoms with Crippen LogP contribution < -0.4 is 5.32 Å². The lowest BCUT2D eigenvalue weighted by atomic mass is 10.1. The third-order valence-corrected chi connectivity index (χ3v) is 5.56. The second-order valence-corrected chi connectivity index (χ2v) is 7.31. The number of aromatic nitrogens is 2. The number of benzene rings is 1. The molecule has 1 atom stereocenters. The highest BCUT2D eigenvalue weighted by Crippen LogP contribution is 2.21. The molecule has 0 fully saturated rings. The van der Waals surface area contributed by atoms with Gasteiger partial charge in [0.2, 0.25) is 0 Å². The summed E-state index contributed by atoms with van der Waals surface area (Å²) >= 11 is 3.52. The van der Waals surface area contributed by atoms with Gasteiger partial charge in [-0.2, -0.15) is 5.10 Å². The first-order chi connectivity index (χ1) is 12.3. The maximum Gasteiger partial charge on any atom is 0.287 e. The van der Waals surface area contributed by atoms with E-state index in [1.165, 1.54) is 5.56 Å². The SMILES string of the molecule is Cc1ccc([C@H](C)NC(=O)c2ccc(Cn3nc(C)c(Br)c3C)o2)cc1. The van der Waals surface area contributed by atoms with Crippen molar-refractivity contribution in [1.29, 1.82) is 0 Å². The summed E-state index contributed by atoms with van der Waals surface area (Å²) in [6.07, 6.45) is 0. The molecule has 0 radical (unpaired) electrons. The van der Waals surface area contributed by atoms with Crippen LogP contribution in [0.4, 0.5) is 0 Å². The van der Waals surface area contributed by atoms with Gasteiger partial charge in [0, 0.05) is 0 Å². The van der Waals surface area contributed by atoms with Gasteiger partial charge in [-0.25, -0.2) is 0 Å². The number of carbonyl (C=O) groups excluding carboxylic acids is 1. The molecule has 1 amide bonds. The van der Waals surface area contributed by atoms with Crippen LogP contribution in [0.2, 0.25) is 0 Å². The zero-order valence-corrected chi connectivity index (χ0v) is 16.9. The van der Waals surface area contributed by atoms with Gasteiger partial charge in [0.25, 0.3) is 5.91 Å². The van der Waals surface area contributed by atoms with Crippen LogP contribution in [0.15, 0.2) is 45.3 Å². The molecule has 2 heterocycles. The maximum absolute atomic E-state index is 12.5. The first kappa shape index (κ1) is 18.5. The molecule has 3 rings (SSSR count). The number of aryl methyl sites for hydroxylation is 2. The predicted molar refractivity (Wildman–Crippen MR) is 104 cm³/mol. The van der Waals surface area contributed by atoms with Crippen molar-refractivity contribution < 1.29 is 9.21 Å². The summed E-state index contributed by atoms with van der Waals surface area (Å²) in [5, 5.41) is 7.43. The van der Waals surface area contributed by atoms with Crippen LogP contribution in [0, 0.1) is 20.8 Å². The van der Waals surface area contributed by atoms with Crippen molar-refractivity contribution in [2.24, 2.45) is 0 Å². The summed E-state index contributed by atoms with van der Waals surface area (Å²) in [6.45, 7) is 8.42. The van der Waals surface area contributed by atoms with E-state index in [1.807, 2.05) is 62.7 Å². The first-order valence-corrected chi connectivity index (χ1v) is 9.30. The van der Waals surface area contributed by atoms with E-state index in [0.717, 1.165) is 21.4 Å². The minimum absolute atomic E-state index is 0.0939. The van der Waals surface area contributed by atoms with Crippen LogP contribution >= 0.6 is 15.9 Å². The lowest BCUT2D eigenvalue weighted by molar-refractivity contribution is 0.0909. The molecule has 0 spiro atoms. The Kier molecular flexibility index (Phi) is 5.32. The number of nitrogens with zero attached hydrogens (tertiary/aromatic N) is 2. The normalized spacial score (nSPS) is 12.2. The molecule has 6 heteroatoms. The molecule has 1 aromatic carbocycles. The second kappa shape index (κ2) is 7.50. The molecule has 3 aromatic rings. The first-order valence-electron chi connectivity index (χ1n) is 8.51. The zero-order chi connectivity index (χ0) is 18.8. The highest BCUT2D eigenvalue weighted by molar-refractivity contribution is 9.10. The van der Waals surface area contributed by atoms with E-state index in [1.54, 1.807) is 6.07 Å². The van der Waals surface area contributed by atoms with Gasteiger partial charge in [0.05, 0.1) is 28.4 Å². The summed E-state index contributed by atoms with van der Waals surface area (Å²) in [5.74, 6) is 0.773. The molecule has 0 saturated carbocycles. The molecule has 0 unspecified atom stereocenters. The van der Waals surface area contributed by atoms with Gasteiger partial charge in [-0.05, 0) is 61.3 Å². The van der Waals surface area contributed by atoms with Crippen LogP contribution in [0.3, 0.4) is 0 Å². The molecular weight excluding hydrogens is 394 g/mol. The Bertz CT molecular complexity index is 925. The standard InChI is InChI=1S/C20H22BrN3O2/c1-12-5-7-16(8-6-12)13(2)22-20(25)18-10-9-17(26-18)11-24-15(4)19(21)14(3)23-24/h5-10,13H,11H2,1-4H3,(H,22,25)/t13-/m0/s1. The molecule has 26 heavy (non-hydrogen) atoms. The fourth-order valence-corrected chi connectivity index (χ4v) is 3.05. The Morgan fingerprint density at radius 1 is 1.19 bits per heavy atom. The lowest BCUT2D eigenvalue weighted by Crippen LogP contribution is -2.26. The Morgan fingerprint density at radius 2 is 1.88 bits per heavy atom. The van der Waals surface area contributed by atoms with Crippen molar-refractivity contribution in [1.82, 2.24) is 15.1 Å². The Hall–Kier alpha value is -2.34. The fraction of sp³-hybridized carbons (Fsp3) is 0.300. The van der Waals surface area contributed by atoms with Gasteiger partial charge in [-0.1, -0.05) is 29.8 Å². The van der Waals surface area contributed by atoms with Crippen LogP contribution in [-0.4, -0.2) is 15.7 Å². The number of rotatable bonds is 5. The number of carbonyl (C=O) groups is 1. The maximum atomic E-state index is 12.5. The van der Waals surface area contributed by atoms with E-state index in [4.69, 9.17) is 4.42 Å². The summed E-state index contributed by atoms with van der Waals surface area (Å²) in [5.41, 5.74) is 4.21. The van der Waals surface area contributed by atoms with Gasteiger partial charge in [-0.15, -0.1) is 0 Å². The molecule has 136 valence electrons. The highest BCUT2D eigenvalue weighted by Gasteiger charge is 2.16. The molecule has 1 N–H and O–H groups in total. The van der Waals surface area contributed by atoms with Gasteiger partial charge in [0.1, 0.15) is 5.76 Å². The third kappa shape index (κ3) is 3.90. The average Bonchev–Trinajstić information content (AvgIpc) is 3.17. The van der Waals surface area contributed by atoms with Crippen molar-refractivity contribution in [3.8, 4) is 0 Å². The Balaban J connectivity index is 1.67. The van der Waals surface area contributed by atoms with Crippen molar-refractivity contribution in [3.63, 3.8) is 0 Å².